The minimum atomic E-state index is -1.29. The lowest BCUT2D eigenvalue weighted by molar-refractivity contribution is -0.153. The maximum atomic E-state index is 12.9. The molecule has 1 aliphatic rings. The van der Waals surface area contributed by atoms with Crippen LogP contribution in [0.2, 0.25) is 0 Å². The van der Waals surface area contributed by atoms with Gasteiger partial charge in [-0.15, -0.1) is 11.3 Å². The second-order valence-electron chi connectivity index (χ2n) is 8.19. The maximum Gasteiger partial charge on any atom is 0.329 e. The molecule has 0 aromatic carbocycles. The van der Waals surface area contributed by atoms with Gasteiger partial charge in [0, 0.05) is 5.38 Å². The second-order valence-corrected chi connectivity index (χ2v) is 9.14. The average molecular weight is 451 g/mol. The van der Waals surface area contributed by atoms with Crippen molar-refractivity contribution in [2.75, 3.05) is 0 Å². The molecule has 0 aliphatic carbocycles. The third-order valence-electron chi connectivity index (χ3n) is 4.66. The standard InChI is InChI=1S/C21H30N4O5S/c1-6-7-8-13-9-15(26)22-10-16-23-14(11-31-16)18(27)25-21(4,5)20(29)24-17(12(2)3)19(28)30-13/h7-8,11-13,17H,6,9-10H2,1-5H3,(H,22,26)(H,24,29)(H,25,27)/b8-7+/t13-,17+/m1/s1. The van der Waals surface area contributed by atoms with E-state index in [1.807, 2.05) is 13.0 Å². The summed E-state index contributed by atoms with van der Waals surface area (Å²) in [5.41, 5.74) is -1.13. The Morgan fingerprint density at radius 1 is 1.29 bits per heavy atom. The molecule has 0 unspecified atom stereocenters. The lowest BCUT2D eigenvalue weighted by Crippen LogP contribution is -2.59. The number of fused-ring (bicyclic) bond motifs is 2. The van der Waals surface area contributed by atoms with Gasteiger partial charge in [0.05, 0.1) is 13.0 Å². The van der Waals surface area contributed by atoms with Crippen molar-refractivity contribution in [3.63, 3.8) is 0 Å². The van der Waals surface area contributed by atoms with Crippen molar-refractivity contribution in [1.82, 2.24) is 20.9 Å². The van der Waals surface area contributed by atoms with Gasteiger partial charge < -0.3 is 20.7 Å². The van der Waals surface area contributed by atoms with Gasteiger partial charge in [-0.05, 0) is 32.3 Å². The second kappa shape index (κ2) is 10.5. The van der Waals surface area contributed by atoms with E-state index in [0.717, 1.165) is 6.42 Å². The molecule has 31 heavy (non-hydrogen) atoms. The minimum Gasteiger partial charge on any atom is -0.456 e. The van der Waals surface area contributed by atoms with E-state index < -0.39 is 35.5 Å². The zero-order valence-electron chi connectivity index (χ0n) is 18.5. The normalized spacial score (nSPS) is 23.3. The SMILES string of the molecule is CC/C=C/[C@@H]1CC(=O)NCc2nc(cs2)C(=O)NC(C)(C)C(=O)N[C@@H](C(C)C)C(=O)O1. The number of thiazole rings is 1. The molecular weight excluding hydrogens is 420 g/mol. The molecule has 1 aromatic rings. The van der Waals surface area contributed by atoms with Crippen molar-refractivity contribution in [3.05, 3.63) is 28.2 Å². The third kappa shape index (κ3) is 6.88. The number of nitrogens with one attached hydrogen (secondary N) is 3. The Bertz CT molecular complexity index is 862. The zero-order chi connectivity index (χ0) is 23.2. The monoisotopic (exact) mass is 450 g/mol. The zero-order valence-corrected chi connectivity index (χ0v) is 19.3. The summed E-state index contributed by atoms with van der Waals surface area (Å²) in [5, 5.41) is 10.2. The van der Waals surface area contributed by atoms with Crippen molar-refractivity contribution < 1.29 is 23.9 Å². The summed E-state index contributed by atoms with van der Waals surface area (Å²) in [6.45, 7) is 8.72. The lowest BCUT2D eigenvalue weighted by Gasteiger charge is -2.29. The fourth-order valence-corrected chi connectivity index (χ4v) is 3.52. The van der Waals surface area contributed by atoms with E-state index in [2.05, 4.69) is 20.9 Å². The molecule has 3 amide bonds. The van der Waals surface area contributed by atoms with Gasteiger partial charge in [0.15, 0.2) is 0 Å². The molecule has 0 fully saturated rings. The highest BCUT2D eigenvalue weighted by molar-refractivity contribution is 7.09. The van der Waals surface area contributed by atoms with E-state index in [1.165, 1.54) is 11.3 Å². The van der Waals surface area contributed by atoms with Gasteiger partial charge in [0.2, 0.25) is 11.8 Å². The van der Waals surface area contributed by atoms with Crippen LogP contribution in [-0.4, -0.2) is 46.4 Å². The Hall–Kier alpha value is -2.75. The molecule has 0 spiro atoms. The highest BCUT2D eigenvalue weighted by atomic mass is 32.1. The van der Waals surface area contributed by atoms with E-state index >= 15 is 0 Å². The Morgan fingerprint density at radius 3 is 2.65 bits per heavy atom. The van der Waals surface area contributed by atoms with Crippen LogP contribution < -0.4 is 16.0 Å². The van der Waals surface area contributed by atoms with Crippen LogP contribution in [0.3, 0.4) is 0 Å². The number of rotatable bonds is 3. The fraction of sp³-hybridized carbons (Fsp3) is 0.571. The molecule has 1 aliphatic heterocycles. The number of hydrogen-bond acceptors (Lipinski definition) is 7. The number of aromatic nitrogens is 1. The number of cyclic esters (lactones) is 1. The highest BCUT2D eigenvalue weighted by Crippen LogP contribution is 2.15. The Labute approximate surface area is 186 Å². The summed E-state index contributed by atoms with van der Waals surface area (Å²) in [5.74, 6) is -2.28. The molecular formula is C21H30N4O5S. The highest BCUT2D eigenvalue weighted by Gasteiger charge is 2.36. The summed E-state index contributed by atoms with van der Waals surface area (Å²) >= 11 is 1.23. The number of ether oxygens (including phenoxy) is 1. The van der Waals surface area contributed by atoms with E-state index in [0.29, 0.717) is 5.01 Å². The molecule has 0 saturated carbocycles. The van der Waals surface area contributed by atoms with E-state index in [1.54, 1.807) is 39.2 Å². The van der Waals surface area contributed by atoms with Gasteiger partial charge in [-0.3, -0.25) is 14.4 Å². The summed E-state index contributed by atoms with van der Waals surface area (Å²) in [7, 11) is 0. The number of allylic oxidation sites excluding steroid dienone is 1. The first kappa shape index (κ1) is 24.5. The van der Waals surface area contributed by atoms with E-state index in [4.69, 9.17) is 4.74 Å². The largest absolute Gasteiger partial charge is 0.456 e. The smallest absolute Gasteiger partial charge is 0.329 e. The van der Waals surface area contributed by atoms with Crippen molar-refractivity contribution >= 4 is 35.0 Å². The molecule has 9 nitrogen and oxygen atoms in total. The third-order valence-corrected chi connectivity index (χ3v) is 5.51. The first-order valence-electron chi connectivity index (χ1n) is 10.2. The van der Waals surface area contributed by atoms with Crippen LogP contribution in [0.5, 0.6) is 0 Å². The Balaban J connectivity index is 2.37. The quantitative estimate of drug-likeness (QED) is 0.475. The number of nitrogens with zero attached hydrogens (tertiary/aromatic N) is 1. The van der Waals surface area contributed by atoms with Gasteiger partial charge in [-0.2, -0.15) is 0 Å². The van der Waals surface area contributed by atoms with Crippen LogP contribution in [0.4, 0.5) is 0 Å². The van der Waals surface area contributed by atoms with Crippen LogP contribution in [0.25, 0.3) is 0 Å². The van der Waals surface area contributed by atoms with Gasteiger partial charge in [-0.1, -0.05) is 26.8 Å². The van der Waals surface area contributed by atoms with Crippen LogP contribution in [0.1, 0.15) is 63.0 Å². The molecule has 1 aromatic heterocycles. The van der Waals surface area contributed by atoms with Crippen LogP contribution >= 0.6 is 11.3 Å². The van der Waals surface area contributed by atoms with E-state index in [-0.39, 0.29) is 30.5 Å². The maximum absolute atomic E-state index is 12.9. The predicted octanol–water partition coefficient (Wildman–Crippen LogP) is 1.69. The predicted molar refractivity (Wildman–Crippen MR) is 116 cm³/mol. The van der Waals surface area contributed by atoms with Gasteiger partial charge in [0.25, 0.3) is 5.91 Å². The van der Waals surface area contributed by atoms with Crippen LogP contribution in [0.15, 0.2) is 17.5 Å². The molecule has 3 N–H and O–H groups in total. The first-order valence-corrected chi connectivity index (χ1v) is 11.1. The molecule has 170 valence electrons. The number of carbonyl (C=O) groups excluding carboxylic acids is 4. The van der Waals surface area contributed by atoms with Crippen molar-refractivity contribution in [2.45, 2.75) is 71.7 Å². The number of amides is 3. The van der Waals surface area contributed by atoms with Gasteiger partial charge >= 0.3 is 5.97 Å². The molecule has 2 bridgehead atoms. The van der Waals surface area contributed by atoms with Crippen LogP contribution in [-0.2, 0) is 25.7 Å². The number of hydrogen-bond donors (Lipinski definition) is 3. The van der Waals surface area contributed by atoms with Crippen molar-refractivity contribution in [3.8, 4) is 0 Å². The minimum absolute atomic E-state index is 0.0643. The molecule has 10 heteroatoms. The van der Waals surface area contributed by atoms with Gasteiger partial charge in [-0.25, -0.2) is 9.78 Å². The summed E-state index contributed by atoms with van der Waals surface area (Å²) in [6.07, 6.45) is 3.38. The van der Waals surface area contributed by atoms with E-state index in [9.17, 15) is 19.2 Å². The lowest BCUT2D eigenvalue weighted by atomic mass is 9.99. The summed E-state index contributed by atoms with van der Waals surface area (Å²) in [6, 6.07) is -0.942. The Morgan fingerprint density at radius 2 is 2.00 bits per heavy atom. The molecule has 2 heterocycles. The summed E-state index contributed by atoms with van der Waals surface area (Å²) < 4.78 is 5.56. The molecule has 2 rings (SSSR count). The van der Waals surface area contributed by atoms with Gasteiger partial charge in [0.1, 0.15) is 28.4 Å². The molecule has 2 atom stereocenters. The average Bonchev–Trinajstić information content (AvgIpc) is 3.16. The van der Waals surface area contributed by atoms with Crippen molar-refractivity contribution in [1.29, 1.82) is 0 Å². The molecule has 0 radical (unpaired) electrons. The topological polar surface area (TPSA) is 126 Å². The molecule has 0 saturated heterocycles. The fourth-order valence-electron chi connectivity index (χ4n) is 2.81. The Kier molecular flexibility index (Phi) is 8.32. The first-order chi connectivity index (χ1) is 14.5. The van der Waals surface area contributed by atoms with Crippen molar-refractivity contribution in [2.24, 2.45) is 5.92 Å². The number of carbonyl (C=O) groups is 4. The number of esters is 1. The van der Waals surface area contributed by atoms with Crippen LogP contribution in [0, 0.1) is 5.92 Å². The summed E-state index contributed by atoms with van der Waals surface area (Å²) in [4.78, 5) is 54.9.